The first-order valence-electron chi connectivity index (χ1n) is 7.15. The Morgan fingerprint density at radius 1 is 1.04 bits per heavy atom. The summed E-state index contributed by atoms with van der Waals surface area (Å²) in [7, 11) is -4.62. The molecular weight excluding hydrogens is 333 g/mol. The fourth-order valence-corrected chi connectivity index (χ4v) is 2.70. The van der Waals surface area contributed by atoms with Crippen molar-refractivity contribution in [3.8, 4) is 5.75 Å². The van der Waals surface area contributed by atoms with Crippen molar-refractivity contribution in [2.75, 3.05) is 0 Å². The molecule has 0 aromatic heterocycles. The maximum absolute atomic E-state index is 11.1. The summed E-state index contributed by atoms with van der Waals surface area (Å²) < 4.78 is 16.5. The number of benzene rings is 2. The van der Waals surface area contributed by atoms with Gasteiger partial charge in [0.1, 0.15) is 18.4 Å². The van der Waals surface area contributed by atoms with E-state index in [1.165, 1.54) is 0 Å². The molecule has 2 aromatic carbocycles. The molecule has 0 spiro atoms. The van der Waals surface area contributed by atoms with Crippen molar-refractivity contribution in [2.45, 2.75) is 19.1 Å². The number of carbonyl (C=O) groups is 1. The van der Waals surface area contributed by atoms with E-state index >= 15 is 0 Å². The van der Waals surface area contributed by atoms with E-state index in [9.17, 15) is 9.36 Å². The molecule has 1 atom stereocenters. The van der Waals surface area contributed by atoms with Gasteiger partial charge in [0, 0.05) is 0 Å². The Labute approximate surface area is 139 Å². The minimum Gasteiger partial charge on any atom is -0.489 e. The number of hydrogen-bond donors (Lipinski definition) is 4. The van der Waals surface area contributed by atoms with Gasteiger partial charge in [-0.05, 0) is 29.7 Å². The summed E-state index contributed by atoms with van der Waals surface area (Å²) in [4.78, 5) is 28.8. The van der Waals surface area contributed by atoms with E-state index in [4.69, 9.17) is 19.6 Å². The van der Waals surface area contributed by atoms with Crippen molar-refractivity contribution in [2.24, 2.45) is 0 Å². The molecule has 0 aliphatic heterocycles. The number of nitrogens with one attached hydrogen (secondary N) is 1. The SMILES string of the molecule is O=C(O)[C@H](Cc1ccc(OCc2ccccc2)cc1)NP(=O)(O)O. The molecule has 0 aliphatic carbocycles. The van der Waals surface area contributed by atoms with E-state index < -0.39 is 19.8 Å². The van der Waals surface area contributed by atoms with Crippen LogP contribution in [0.2, 0.25) is 0 Å². The number of rotatable bonds is 8. The highest BCUT2D eigenvalue weighted by molar-refractivity contribution is 7.49. The number of hydrogen-bond acceptors (Lipinski definition) is 3. The molecule has 0 unspecified atom stereocenters. The third kappa shape index (κ3) is 6.14. The Morgan fingerprint density at radius 2 is 1.67 bits per heavy atom. The number of carboxylic acid groups (broad SMARTS) is 1. The van der Waals surface area contributed by atoms with E-state index in [0.717, 1.165) is 5.56 Å². The molecule has 0 saturated carbocycles. The fourth-order valence-electron chi connectivity index (χ4n) is 2.09. The van der Waals surface area contributed by atoms with Gasteiger partial charge in [-0.3, -0.25) is 4.79 Å². The molecule has 0 radical (unpaired) electrons. The van der Waals surface area contributed by atoms with Gasteiger partial charge in [-0.25, -0.2) is 9.65 Å². The normalized spacial score (nSPS) is 12.6. The lowest BCUT2D eigenvalue weighted by atomic mass is 10.1. The quantitative estimate of drug-likeness (QED) is 0.537. The number of ether oxygens (including phenoxy) is 1. The lowest BCUT2D eigenvalue weighted by molar-refractivity contribution is -0.139. The molecule has 2 aromatic rings. The molecule has 0 aliphatic rings. The molecule has 8 heteroatoms. The van der Waals surface area contributed by atoms with Gasteiger partial charge in [0.2, 0.25) is 0 Å². The second-order valence-corrected chi connectivity index (χ2v) is 6.53. The standard InChI is InChI=1S/C16H18NO6P/c18-16(19)15(17-24(20,21)22)10-12-6-8-14(9-7-12)23-11-13-4-2-1-3-5-13/h1-9,15H,10-11H2,(H,18,19)(H3,17,20,21,22)/t15-/m0/s1. The first-order chi connectivity index (χ1) is 11.3. The number of carboxylic acids is 1. The van der Waals surface area contributed by atoms with Crippen LogP contribution in [0, 0.1) is 0 Å². The van der Waals surface area contributed by atoms with Gasteiger partial charge in [0.25, 0.3) is 0 Å². The monoisotopic (exact) mass is 351 g/mol. The fraction of sp³-hybridized carbons (Fsp3) is 0.188. The molecule has 2 rings (SSSR count). The van der Waals surface area contributed by atoms with Crippen molar-refractivity contribution in [3.63, 3.8) is 0 Å². The second kappa shape index (κ2) is 8.08. The summed E-state index contributed by atoms with van der Waals surface area (Å²) in [5, 5.41) is 10.8. The van der Waals surface area contributed by atoms with E-state index in [2.05, 4.69) is 0 Å². The van der Waals surface area contributed by atoms with Gasteiger partial charge in [0.15, 0.2) is 0 Å². The van der Waals surface area contributed by atoms with Gasteiger partial charge in [-0.15, -0.1) is 0 Å². The largest absolute Gasteiger partial charge is 0.489 e. The topological polar surface area (TPSA) is 116 Å². The second-order valence-electron chi connectivity index (χ2n) is 5.19. The Bertz CT molecular complexity index is 713. The molecule has 7 nitrogen and oxygen atoms in total. The van der Waals surface area contributed by atoms with E-state index in [1.807, 2.05) is 30.3 Å². The average molecular weight is 351 g/mol. The maximum Gasteiger partial charge on any atom is 0.401 e. The van der Waals surface area contributed by atoms with Crippen LogP contribution >= 0.6 is 7.75 Å². The first kappa shape index (κ1) is 18.2. The predicted molar refractivity (Wildman–Crippen MR) is 87.5 cm³/mol. The van der Waals surface area contributed by atoms with Crippen molar-refractivity contribution in [1.29, 1.82) is 0 Å². The van der Waals surface area contributed by atoms with Crippen LogP contribution in [-0.2, 0) is 22.4 Å². The van der Waals surface area contributed by atoms with Crippen molar-refractivity contribution < 1.29 is 29.0 Å². The molecule has 24 heavy (non-hydrogen) atoms. The van der Waals surface area contributed by atoms with Crippen LogP contribution < -0.4 is 9.82 Å². The zero-order valence-corrected chi connectivity index (χ0v) is 13.6. The molecule has 0 saturated heterocycles. The third-order valence-corrected chi connectivity index (χ3v) is 3.88. The van der Waals surface area contributed by atoms with Crippen LogP contribution in [0.4, 0.5) is 0 Å². The lowest BCUT2D eigenvalue weighted by Gasteiger charge is -2.15. The van der Waals surface area contributed by atoms with Gasteiger partial charge < -0.3 is 19.6 Å². The molecule has 0 amide bonds. The maximum atomic E-state index is 11.1. The Hall–Kier alpha value is -2.18. The van der Waals surface area contributed by atoms with Crippen LogP contribution in [0.1, 0.15) is 11.1 Å². The molecular formula is C16H18NO6P. The highest BCUT2D eigenvalue weighted by Gasteiger charge is 2.25. The van der Waals surface area contributed by atoms with E-state index in [1.54, 1.807) is 29.4 Å². The highest BCUT2D eigenvalue weighted by Crippen LogP contribution is 2.29. The van der Waals surface area contributed by atoms with Crippen molar-refractivity contribution in [3.05, 3.63) is 65.7 Å². The third-order valence-electron chi connectivity index (χ3n) is 3.23. The minimum atomic E-state index is -4.62. The molecule has 0 bridgehead atoms. The molecule has 4 N–H and O–H groups in total. The first-order valence-corrected chi connectivity index (χ1v) is 8.76. The van der Waals surface area contributed by atoms with Crippen LogP contribution in [0.3, 0.4) is 0 Å². The van der Waals surface area contributed by atoms with Crippen LogP contribution in [0.25, 0.3) is 0 Å². The summed E-state index contributed by atoms with van der Waals surface area (Å²) in [6.07, 6.45) is -0.0561. The van der Waals surface area contributed by atoms with Crippen LogP contribution in [0.5, 0.6) is 5.75 Å². The van der Waals surface area contributed by atoms with Crippen LogP contribution in [-0.4, -0.2) is 26.9 Å². The molecule has 0 heterocycles. The van der Waals surface area contributed by atoms with Crippen molar-refractivity contribution >= 4 is 13.7 Å². The summed E-state index contributed by atoms with van der Waals surface area (Å²) in [6.45, 7) is 0.414. The summed E-state index contributed by atoms with van der Waals surface area (Å²) in [5.41, 5.74) is 1.65. The molecule has 0 fully saturated rings. The Morgan fingerprint density at radius 3 is 2.21 bits per heavy atom. The number of aliphatic carboxylic acids is 1. The Kier molecular flexibility index (Phi) is 6.11. The van der Waals surface area contributed by atoms with Gasteiger partial charge in [0.05, 0.1) is 0 Å². The van der Waals surface area contributed by atoms with Crippen molar-refractivity contribution in [1.82, 2.24) is 5.09 Å². The predicted octanol–water partition coefficient (Wildman–Crippen LogP) is 1.94. The smallest absolute Gasteiger partial charge is 0.401 e. The summed E-state index contributed by atoms with van der Waals surface area (Å²) >= 11 is 0. The minimum absolute atomic E-state index is 0.0561. The summed E-state index contributed by atoms with van der Waals surface area (Å²) in [6, 6.07) is 15.0. The zero-order chi connectivity index (χ0) is 17.6. The zero-order valence-electron chi connectivity index (χ0n) is 12.7. The molecule has 128 valence electrons. The average Bonchev–Trinajstić information content (AvgIpc) is 2.53. The van der Waals surface area contributed by atoms with E-state index in [-0.39, 0.29) is 6.42 Å². The Balaban J connectivity index is 1.95. The van der Waals surface area contributed by atoms with Gasteiger partial charge >= 0.3 is 13.7 Å². The lowest BCUT2D eigenvalue weighted by Crippen LogP contribution is -2.36. The van der Waals surface area contributed by atoms with Gasteiger partial charge in [-0.1, -0.05) is 42.5 Å². The van der Waals surface area contributed by atoms with Gasteiger partial charge in [-0.2, -0.15) is 0 Å². The van der Waals surface area contributed by atoms with E-state index in [0.29, 0.717) is 17.9 Å². The summed E-state index contributed by atoms with van der Waals surface area (Å²) in [5.74, 6) is -0.708. The van der Waals surface area contributed by atoms with Crippen LogP contribution in [0.15, 0.2) is 54.6 Å². The highest BCUT2D eigenvalue weighted by atomic mass is 31.2.